The van der Waals surface area contributed by atoms with Crippen molar-refractivity contribution in [3.05, 3.63) is 78.4 Å². The first-order chi connectivity index (χ1) is 14.3. The van der Waals surface area contributed by atoms with Crippen molar-refractivity contribution in [1.29, 1.82) is 0 Å². The summed E-state index contributed by atoms with van der Waals surface area (Å²) in [5, 5.41) is 0. The summed E-state index contributed by atoms with van der Waals surface area (Å²) in [6.07, 6.45) is -0.129. The van der Waals surface area contributed by atoms with Crippen LogP contribution in [0.1, 0.15) is 5.56 Å². The number of hydrogen-bond acceptors (Lipinski definition) is 4. The van der Waals surface area contributed by atoms with Gasteiger partial charge in [-0.3, -0.25) is 9.52 Å². The number of halogens is 3. The van der Waals surface area contributed by atoms with Gasteiger partial charge in [0.25, 0.3) is 0 Å². The van der Waals surface area contributed by atoms with Crippen LogP contribution in [0.3, 0.4) is 0 Å². The summed E-state index contributed by atoms with van der Waals surface area (Å²) < 4.78 is 43.8. The Bertz CT molecular complexity index is 991. The summed E-state index contributed by atoms with van der Waals surface area (Å²) in [4.78, 5) is 13.6. The number of rotatable bonds is 7. The zero-order valence-electron chi connectivity index (χ0n) is 15.9. The molecule has 0 spiro atoms. The average molecular weight is 450 g/mol. The second-order valence-electron chi connectivity index (χ2n) is 6.21. The summed E-state index contributed by atoms with van der Waals surface area (Å²) in [5.41, 5.74) is -1.72. The van der Waals surface area contributed by atoms with E-state index in [-0.39, 0.29) is 6.42 Å². The lowest BCUT2D eigenvalue weighted by Gasteiger charge is -2.11. The van der Waals surface area contributed by atoms with Gasteiger partial charge < -0.3 is 4.74 Å². The Morgan fingerprint density at radius 1 is 0.933 bits per heavy atom. The smallest absolute Gasteiger partial charge is 0.461 e. The van der Waals surface area contributed by atoms with Crippen molar-refractivity contribution in [2.45, 2.75) is 21.7 Å². The summed E-state index contributed by atoms with van der Waals surface area (Å²) >= 11 is 0.919. The van der Waals surface area contributed by atoms with E-state index in [1.165, 1.54) is 11.8 Å². The van der Waals surface area contributed by atoms with Gasteiger partial charge >= 0.3 is 5.51 Å². The first kappa shape index (κ1) is 22.1. The Hall–Kier alpha value is -2.58. The molecule has 3 aromatic rings. The highest BCUT2D eigenvalue weighted by Gasteiger charge is 2.30. The number of carbonyl (C=O) groups excluding carboxylic acids is 1. The van der Waals surface area contributed by atoms with Gasteiger partial charge in [-0.2, -0.15) is 13.2 Å². The summed E-state index contributed by atoms with van der Waals surface area (Å²) in [6.45, 7) is 0. The van der Waals surface area contributed by atoms with Gasteiger partial charge in [-0.05, 0) is 47.0 Å². The number of hydrogen-bond donors (Lipinski definition) is 1. The molecule has 0 saturated carbocycles. The predicted molar refractivity (Wildman–Crippen MR) is 114 cm³/mol. The molecule has 3 rings (SSSR count). The van der Waals surface area contributed by atoms with E-state index in [2.05, 4.69) is 0 Å². The molecule has 1 N–H and O–H groups in total. The third kappa shape index (κ3) is 6.47. The van der Waals surface area contributed by atoms with Gasteiger partial charge in [0, 0.05) is 9.79 Å². The Kier molecular flexibility index (Phi) is 7.33. The topological polar surface area (TPSA) is 38.3 Å². The van der Waals surface area contributed by atoms with Crippen LogP contribution in [0.25, 0.3) is 11.1 Å². The molecule has 0 atom stereocenters. The van der Waals surface area contributed by atoms with E-state index in [1.54, 1.807) is 19.2 Å². The minimum atomic E-state index is -4.50. The van der Waals surface area contributed by atoms with Gasteiger partial charge in [0.1, 0.15) is 5.75 Å². The number of ether oxygens (including phenoxy) is 1. The van der Waals surface area contributed by atoms with Crippen LogP contribution in [0.5, 0.6) is 5.75 Å². The maximum atomic E-state index is 12.3. The van der Waals surface area contributed by atoms with Gasteiger partial charge in [-0.1, -0.05) is 54.2 Å². The summed E-state index contributed by atoms with van der Waals surface area (Å²) in [5.74, 6) is 0.0976. The molecule has 0 unspecified atom stereocenters. The van der Waals surface area contributed by atoms with Gasteiger partial charge in [-0.15, -0.1) is 0 Å². The fraction of sp³-hybridized carbons (Fsp3) is 0.136. The van der Waals surface area contributed by atoms with Crippen molar-refractivity contribution < 1.29 is 22.7 Å². The average Bonchev–Trinajstić information content (AvgIpc) is 2.74. The van der Waals surface area contributed by atoms with Crippen LogP contribution >= 0.6 is 23.7 Å². The van der Waals surface area contributed by atoms with Crippen LogP contribution in [0.2, 0.25) is 0 Å². The number of amides is 1. The number of nitrogens with one attached hydrogen (secondary N) is 1. The minimum Gasteiger partial charge on any atom is -0.497 e. The quantitative estimate of drug-likeness (QED) is 0.427. The van der Waals surface area contributed by atoms with Crippen LogP contribution in [0.15, 0.2) is 82.6 Å². The first-order valence-electron chi connectivity index (χ1n) is 8.88. The lowest BCUT2D eigenvalue weighted by molar-refractivity contribution is -0.119. The molecule has 3 nitrogen and oxygen atoms in total. The van der Waals surface area contributed by atoms with E-state index in [1.807, 2.05) is 65.4 Å². The highest BCUT2D eigenvalue weighted by molar-refractivity contribution is 7.99. The van der Waals surface area contributed by atoms with Crippen molar-refractivity contribution in [3.8, 4) is 16.9 Å². The third-order valence-corrected chi connectivity index (χ3v) is 5.80. The normalized spacial score (nSPS) is 11.2. The van der Waals surface area contributed by atoms with Crippen LogP contribution in [0.4, 0.5) is 13.2 Å². The molecular formula is C22H18F3NO2S2. The van der Waals surface area contributed by atoms with Crippen molar-refractivity contribution in [1.82, 2.24) is 4.72 Å². The Balaban J connectivity index is 1.68. The van der Waals surface area contributed by atoms with Crippen LogP contribution < -0.4 is 9.46 Å². The Morgan fingerprint density at radius 2 is 1.53 bits per heavy atom. The number of alkyl halides is 3. The van der Waals surface area contributed by atoms with Gasteiger partial charge in [0.2, 0.25) is 5.91 Å². The van der Waals surface area contributed by atoms with Gasteiger partial charge in [0.15, 0.2) is 0 Å². The number of methoxy groups -OCH3 is 1. The zero-order valence-corrected chi connectivity index (χ0v) is 17.5. The highest BCUT2D eigenvalue weighted by atomic mass is 32.2. The molecular weight excluding hydrogens is 431 g/mol. The lowest BCUT2D eigenvalue weighted by Crippen LogP contribution is -2.22. The Labute approximate surface area is 181 Å². The molecule has 156 valence electrons. The maximum absolute atomic E-state index is 12.3. The maximum Gasteiger partial charge on any atom is 0.461 e. The second-order valence-corrected chi connectivity index (χ2v) is 8.20. The minimum absolute atomic E-state index is 0.129. The molecule has 0 saturated heterocycles. The molecule has 0 heterocycles. The van der Waals surface area contributed by atoms with E-state index < -0.39 is 23.4 Å². The van der Waals surface area contributed by atoms with Crippen molar-refractivity contribution in [2.24, 2.45) is 0 Å². The molecule has 0 aliphatic carbocycles. The fourth-order valence-corrected chi connectivity index (χ4v) is 3.94. The van der Waals surface area contributed by atoms with E-state index in [0.29, 0.717) is 5.56 Å². The van der Waals surface area contributed by atoms with Gasteiger partial charge in [0.05, 0.1) is 25.5 Å². The second kappa shape index (κ2) is 9.95. The van der Waals surface area contributed by atoms with Crippen molar-refractivity contribution >= 4 is 29.6 Å². The monoisotopic (exact) mass is 449 g/mol. The SMILES string of the molecule is COc1ccc(-c2ccc(Sc3ccccc3CC(=O)NSC(F)(F)F)cc2)cc1. The predicted octanol–water partition coefficient (Wildman–Crippen LogP) is 6.34. The molecule has 0 fully saturated rings. The number of benzene rings is 3. The van der Waals surface area contributed by atoms with Crippen molar-refractivity contribution in [2.75, 3.05) is 7.11 Å². The van der Waals surface area contributed by atoms with E-state index in [0.717, 1.165) is 26.7 Å². The molecule has 30 heavy (non-hydrogen) atoms. The summed E-state index contributed by atoms with van der Waals surface area (Å²) in [7, 11) is 1.62. The van der Waals surface area contributed by atoms with Crippen molar-refractivity contribution in [3.63, 3.8) is 0 Å². The molecule has 0 aromatic heterocycles. The van der Waals surface area contributed by atoms with E-state index in [4.69, 9.17) is 4.74 Å². The molecule has 0 aliphatic heterocycles. The highest BCUT2D eigenvalue weighted by Crippen LogP contribution is 2.33. The van der Waals surface area contributed by atoms with Gasteiger partial charge in [-0.25, -0.2) is 0 Å². The number of carbonyl (C=O) groups is 1. The molecule has 0 bridgehead atoms. The summed E-state index contributed by atoms with van der Waals surface area (Å²) in [6, 6.07) is 22.9. The largest absolute Gasteiger partial charge is 0.497 e. The standard InChI is InChI=1S/C22H18F3NO2S2/c1-28-18-10-6-15(7-11-18)16-8-12-19(13-9-16)29-20-5-3-2-4-17(20)14-21(27)26-30-22(23,24)25/h2-13H,14H2,1H3,(H,26,27). The van der Waals surface area contributed by atoms with E-state index in [9.17, 15) is 18.0 Å². The third-order valence-electron chi connectivity index (χ3n) is 4.11. The zero-order chi connectivity index (χ0) is 21.6. The molecule has 0 radical (unpaired) electrons. The first-order valence-corrected chi connectivity index (χ1v) is 10.5. The lowest BCUT2D eigenvalue weighted by atomic mass is 10.1. The van der Waals surface area contributed by atoms with Crippen LogP contribution in [0, 0.1) is 0 Å². The van der Waals surface area contributed by atoms with Crippen LogP contribution in [-0.4, -0.2) is 18.5 Å². The molecule has 1 amide bonds. The van der Waals surface area contributed by atoms with Crippen LogP contribution in [-0.2, 0) is 11.2 Å². The Morgan fingerprint density at radius 3 is 2.13 bits per heavy atom. The molecule has 3 aromatic carbocycles. The fourth-order valence-electron chi connectivity index (χ4n) is 2.70. The molecule has 0 aliphatic rings. The molecule has 8 heteroatoms. The van der Waals surface area contributed by atoms with E-state index >= 15 is 0 Å².